The van der Waals surface area contributed by atoms with Gasteiger partial charge >= 0.3 is 5.97 Å². The average molecular weight is 569 g/mol. The molecule has 0 aliphatic heterocycles. The molecule has 0 saturated heterocycles. The predicted molar refractivity (Wildman–Crippen MR) is 135 cm³/mol. The van der Waals surface area contributed by atoms with Crippen LogP contribution < -0.4 is 4.80 Å². The number of amides is 1. The molecule has 0 fully saturated rings. The number of sulfonamides is 1. The smallest absolute Gasteiger partial charge is 0.325 e. The van der Waals surface area contributed by atoms with Crippen LogP contribution in [0, 0.1) is 0 Å². The topological polar surface area (TPSA) is 98.0 Å². The molecule has 0 saturated carbocycles. The monoisotopic (exact) mass is 567 g/mol. The van der Waals surface area contributed by atoms with Crippen LogP contribution in [0.15, 0.2) is 56.8 Å². The number of thiazole rings is 1. The van der Waals surface area contributed by atoms with Gasteiger partial charge in [-0.15, -0.1) is 0 Å². The average Bonchev–Trinajstić information content (AvgIpc) is 3.14. The van der Waals surface area contributed by atoms with Gasteiger partial charge in [0.1, 0.15) is 6.54 Å². The fourth-order valence-electron chi connectivity index (χ4n) is 3.33. The standard InChI is InChI=1S/C23H26BrN3O5S2/c1-4-6-13-26(5-2)34(30,31)18-10-7-16(8-11-18)22(29)25-23-27(15-21(28)32-3)19-12-9-17(24)14-20(19)33-23/h7-12,14H,4-6,13,15H2,1-3H3. The SMILES string of the molecule is CCCCN(CC)S(=O)(=O)c1ccc(C(=O)N=c2sc3cc(Br)ccc3n2CC(=O)OC)cc1. The molecule has 0 bridgehead atoms. The molecule has 0 radical (unpaired) electrons. The lowest BCUT2D eigenvalue weighted by atomic mass is 10.2. The molecule has 3 rings (SSSR count). The van der Waals surface area contributed by atoms with Gasteiger partial charge in [-0.25, -0.2) is 8.42 Å². The van der Waals surface area contributed by atoms with E-state index >= 15 is 0 Å². The highest BCUT2D eigenvalue weighted by Crippen LogP contribution is 2.23. The summed E-state index contributed by atoms with van der Waals surface area (Å²) in [6.45, 7) is 4.55. The Bertz CT molecular complexity index is 1360. The molecule has 3 aromatic rings. The van der Waals surface area contributed by atoms with Crippen molar-refractivity contribution in [3.63, 3.8) is 0 Å². The molecule has 11 heteroatoms. The lowest BCUT2D eigenvalue weighted by Crippen LogP contribution is -2.31. The first kappa shape index (κ1) is 26.3. The van der Waals surface area contributed by atoms with E-state index < -0.39 is 21.9 Å². The van der Waals surface area contributed by atoms with Crippen LogP contribution >= 0.6 is 27.3 Å². The first-order valence-corrected chi connectivity index (χ1v) is 13.8. The van der Waals surface area contributed by atoms with Crippen molar-refractivity contribution in [1.29, 1.82) is 0 Å². The van der Waals surface area contributed by atoms with E-state index in [0.29, 0.717) is 17.9 Å². The van der Waals surface area contributed by atoms with Crippen molar-refractivity contribution in [2.24, 2.45) is 4.99 Å². The van der Waals surface area contributed by atoms with E-state index in [1.54, 1.807) is 11.5 Å². The quantitative estimate of drug-likeness (QED) is 0.361. The number of carbonyl (C=O) groups excluding carboxylic acids is 2. The Morgan fingerprint density at radius 1 is 1.15 bits per heavy atom. The highest BCUT2D eigenvalue weighted by Gasteiger charge is 2.23. The van der Waals surface area contributed by atoms with Crippen molar-refractivity contribution >= 4 is 59.4 Å². The Labute approximate surface area is 211 Å². The Morgan fingerprint density at radius 3 is 2.47 bits per heavy atom. The van der Waals surface area contributed by atoms with E-state index in [1.807, 2.05) is 25.1 Å². The Kier molecular flexibility index (Phi) is 8.80. The van der Waals surface area contributed by atoms with Gasteiger partial charge in [0, 0.05) is 23.1 Å². The number of benzene rings is 2. The van der Waals surface area contributed by atoms with Crippen molar-refractivity contribution in [3.8, 4) is 0 Å². The van der Waals surface area contributed by atoms with E-state index in [0.717, 1.165) is 27.5 Å². The summed E-state index contributed by atoms with van der Waals surface area (Å²) in [6, 6.07) is 11.3. The summed E-state index contributed by atoms with van der Waals surface area (Å²) in [5.41, 5.74) is 0.997. The maximum absolute atomic E-state index is 12.9. The van der Waals surface area contributed by atoms with Crippen molar-refractivity contribution in [1.82, 2.24) is 8.87 Å². The number of methoxy groups -OCH3 is 1. The zero-order valence-corrected chi connectivity index (χ0v) is 22.4. The number of nitrogens with zero attached hydrogens (tertiary/aromatic N) is 3. The van der Waals surface area contributed by atoms with Crippen LogP contribution in [0.25, 0.3) is 10.2 Å². The number of aromatic nitrogens is 1. The van der Waals surface area contributed by atoms with Crippen LogP contribution in [-0.4, -0.2) is 49.4 Å². The summed E-state index contributed by atoms with van der Waals surface area (Å²) >= 11 is 4.70. The number of esters is 1. The summed E-state index contributed by atoms with van der Waals surface area (Å²) in [6.07, 6.45) is 1.67. The van der Waals surface area contributed by atoms with Gasteiger partial charge in [0.25, 0.3) is 5.91 Å². The fraction of sp³-hybridized carbons (Fsp3) is 0.348. The Balaban J connectivity index is 1.96. The van der Waals surface area contributed by atoms with Crippen LogP contribution in [0.3, 0.4) is 0 Å². The molecule has 0 spiro atoms. The van der Waals surface area contributed by atoms with E-state index in [2.05, 4.69) is 20.9 Å². The first-order chi connectivity index (χ1) is 16.2. The minimum absolute atomic E-state index is 0.0912. The van der Waals surface area contributed by atoms with E-state index in [4.69, 9.17) is 4.74 Å². The van der Waals surface area contributed by atoms with Crippen molar-refractivity contribution in [2.75, 3.05) is 20.2 Å². The van der Waals surface area contributed by atoms with Crippen LogP contribution in [0.4, 0.5) is 0 Å². The molecule has 0 unspecified atom stereocenters. The number of hydrogen-bond acceptors (Lipinski definition) is 6. The summed E-state index contributed by atoms with van der Waals surface area (Å²) in [5.74, 6) is -0.999. The second kappa shape index (κ2) is 11.4. The van der Waals surface area contributed by atoms with Crippen molar-refractivity contribution in [3.05, 3.63) is 57.3 Å². The Morgan fingerprint density at radius 2 is 1.85 bits per heavy atom. The molecule has 8 nitrogen and oxygen atoms in total. The van der Waals surface area contributed by atoms with Gasteiger partial charge in [0.05, 0.1) is 22.2 Å². The zero-order valence-electron chi connectivity index (χ0n) is 19.2. The predicted octanol–water partition coefficient (Wildman–Crippen LogP) is 4.19. The summed E-state index contributed by atoms with van der Waals surface area (Å²) in [5, 5.41) is 0. The molecule has 34 heavy (non-hydrogen) atoms. The summed E-state index contributed by atoms with van der Waals surface area (Å²) in [4.78, 5) is 29.5. The highest BCUT2D eigenvalue weighted by atomic mass is 79.9. The molecular formula is C23H26BrN3O5S2. The fourth-order valence-corrected chi connectivity index (χ4v) is 6.40. The number of halogens is 1. The molecule has 1 heterocycles. The van der Waals surface area contributed by atoms with Crippen LogP contribution in [0.1, 0.15) is 37.0 Å². The summed E-state index contributed by atoms with van der Waals surface area (Å²) in [7, 11) is -2.34. The second-order valence-electron chi connectivity index (χ2n) is 7.45. The van der Waals surface area contributed by atoms with Crippen LogP contribution in [-0.2, 0) is 26.1 Å². The molecular weight excluding hydrogens is 542 g/mol. The number of fused-ring (bicyclic) bond motifs is 1. The maximum atomic E-state index is 12.9. The number of unbranched alkanes of at least 4 members (excludes halogenated alkanes) is 1. The van der Waals surface area contributed by atoms with Gasteiger partial charge in [-0.05, 0) is 48.9 Å². The lowest BCUT2D eigenvalue weighted by molar-refractivity contribution is -0.141. The van der Waals surface area contributed by atoms with Crippen LogP contribution in [0.2, 0.25) is 0 Å². The minimum atomic E-state index is -3.64. The minimum Gasteiger partial charge on any atom is -0.468 e. The molecule has 0 aliphatic carbocycles. The Hall–Kier alpha value is -2.34. The van der Waals surface area contributed by atoms with Crippen LogP contribution in [0.5, 0.6) is 0 Å². The molecule has 2 aromatic carbocycles. The summed E-state index contributed by atoms with van der Waals surface area (Å²) < 4.78 is 35.4. The van der Waals surface area contributed by atoms with Gasteiger partial charge in [-0.1, -0.05) is 47.5 Å². The molecule has 1 aromatic heterocycles. The van der Waals surface area contributed by atoms with Gasteiger partial charge in [0.2, 0.25) is 10.0 Å². The number of carbonyl (C=O) groups is 2. The third kappa shape index (κ3) is 5.83. The van der Waals surface area contributed by atoms with Crippen molar-refractivity contribution < 1.29 is 22.7 Å². The third-order valence-corrected chi connectivity index (χ3v) is 8.73. The van der Waals surface area contributed by atoms with E-state index in [1.165, 1.54) is 47.0 Å². The number of rotatable bonds is 9. The zero-order chi connectivity index (χ0) is 24.9. The number of ether oxygens (including phenoxy) is 1. The van der Waals surface area contributed by atoms with E-state index in [9.17, 15) is 18.0 Å². The van der Waals surface area contributed by atoms with Crippen molar-refractivity contribution in [2.45, 2.75) is 38.1 Å². The third-order valence-electron chi connectivity index (χ3n) is 5.21. The molecule has 1 amide bonds. The van der Waals surface area contributed by atoms with Gasteiger partial charge in [-0.2, -0.15) is 9.30 Å². The number of hydrogen-bond donors (Lipinski definition) is 0. The molecule has 182 valence electrons. The molecule has 0 atom stereocenters. The molecule has 0 N–H and O–H groups in total. The largest absolute Gasteiger partial charge is 0.468 e. The van der Waals surface area contributed by atoms with Gasteiger partial charge < -0.3 is 9.30 Å². The van der Waals surface area contributed by atoms with Gasteiger partial charge in [-0.3, -0.25) is 9.59 Å². The first-order valence-electron chi connectivity index (χ1n) is 10.8. The maximum Gasteiger partial charge on any atom is 0.325 e. The highest BCUT2D eigenvalue weighted by molar-refractivity contribution is 9.10. The van der Waals surface area contributed by atoms with Gasteiger partial charge in [0.15, 0.2) is 4.80 Å². The van der Waals surface area contributed by atoms with E-state index in [-0.39, 0.29) is 17.0 Å². The molecule has 0 aliphatic rings. The lowest BCUT2D eigenvalue weighted by Gasteiger charge is -2.20. The normalized spacial score (nSPS) is 12.4. The second-order valence-corrected chi connectivity index (χ2v) is 11.3.